The number of hydrogen-bond acceptors (Lipinski definition) is 2. The molecule has 0 saturated heterocycles. The Bertz CT molecular complexity index is 547. The fraction of sp³-hybridized carbons (Fsp3) is 0.273. The van der Waals surface area contributed by atoms with Crippen molar-refractivity contribution in [1.82, 2.24) is 9.97 Å². The molecule has 0 amide bonds. The van der Waals surface area contributed by atoms with Crippen LogP contribution in [0.1, 0.15) is 17.0 Å². The highest BCUT2D eigenvalue weighted by Gasteiger charge is 2.30. The average molecular weight is 226 g/mol. The largest absolute Gasteiger partial charge is 0.416 e. The van der Waals surface area contributed by atoms with Crippen LogP contribution in [0.4, 0.5) is 13.2 Å². The highest BCUT2D eigenvalue weighted by atomic mass is 19.4. The van der Waals surface area contributed by atoms with Crippen LogP contribution in [-0.4, -0.2) is 9.97 Å². The number of nitrogens with zero attached hydrogens (tertiary/aromatic N) is 2. The molecule has 0 aliphatic carbocycles. The molecule has 0 spiro atoms. The van der Waals surface area contributed by atoms with Crippen molar-refractivity contribution in [1.29, 1.82) is 0 Å². The van der Waals surface area contributed by atoms with Gasteiger partial charge in [0, 0.05) is 0 Å². The summed E-state index contributed by atoms with van der Waals surface area (Å²) in [6.07, 6.45) is -4.34. The topological polar surface area (TPSA) is 25.8 Å². The maximum Gasteiger partial charge on any atom is 0.416 e. The lowest BCUT2D eigenvalue weighted by Gasteiger charge is -2.08. The minimum absolute atomic E-state index is 0.276. The van der Waals surface area contributed by atoms with E-state index in [1.807, 2.05) is 0 Å². The van der Waals surface area contributed by atoms with E-state index in [9.17, 15) is 13.2 Å². The molecule has 0 N–H and O–H groups in total. The fourth-order valence-electron chi connectivity index (χ4n) is 1.41. The predicted molar refractivity (Wildman–Crippen MR) is 54.0 cm³/mol. The van der Waals surface area contributed by atoms with Gasteiger partial charge < -0.3 is 0 Å². The van der Waals surface area contributed by atoms with Crippen LogP contribution in [0.2, 0.25) is 0 Å². The van der Waals surface area contributed by atoms with Crippen molar-refractivity contribution >= 4 is 11.0 Å². The molecule has 0 radical (unpaired) electrons. The van der Waals surface area contributed by atoms with Crippen molar-refractivity contribution in [3.8, 4) is 0 Å². The van der Waals surface area contributed by atoms with Gasteiger partial charge in [0.15, 0.2) is 0 Å². The van der Waals surface area contributed by atoms with E-state index >= 15 is 0 Å². The second kappa shape index (κ2) is 3.43. The average Bonchev–Trinajstić information content (AvgIpc) is 2.17. The van der Waals surface area contributed by atoms with E-state index in [1.54, 1.807) is 13.8 Å². The number of benzene rings is 1. The van der Waals surface area contributed by atoms with Crippen molar-refractivity contribution in [3.63, 3.8) is 0 Å². The zero-order valence-corrected chi connectivity index (χ0v) is 8.76. The van der Waals surface area contributed by atoms with E-state index in [2.05, 4.69) is 9.97 Å². The lowest BCUT2D eigenvalue weighted by molar-refractivity contribution is -0.137. The third kappa shape index (κ3) is 1.85. The molecule has 2 aromatic rings. The van der Waals surface area contributed by atoms with E-state index in [-0.39, 0.29) is 5.52 Å². The molecule has 0 atom stereocenters. The third-order valence-electron chi connectivity index (χ3n) is 2.40. The molecule has 0 saturated carbocycles. The van der Waals surface area contributed by atoms with Crippen molar-refractivity contribution in [2.45, 2.75) is 20.0 Å². The monoisotopic (exact) mass is 226 g/mol. The number of hydrogen-bond donors (Lipinski definition) is 0. The number of aromatic nitrogens is 2. The Morgan fingerprint density at radius 3 is 2.06 bits per heavy atom. The van der Waals surface area contributed by atoms with Crippen molar-refractivity contribution in [2.75, 3.05) is 0 Å². The normalized spacial score (nSPS) is 12.1. The van der Waals surface area contributed by atoms with Gasteiger partial charge >= 0.3 is 6.18 Å². The van der Waals surface area contributed by atoms with E-state index < -0.39 is 11.7 Å². The van der Waals surface area contributed by atoms with Crippen LogP contribution in [0, 0.1) is 13.8 Å². The summed E-state index contributed by atoms with van der Waals surface area (Å²) < 4.78 is 37.3. The fourth-order valence-corrected chi connectivity index (χ4v) is 1.41. The molecule has 5 heteroatoms. The zero-order chi connectivity index (χ0) is 11.9. The summed E-state index contributed by atoms with van der Waals surface area (Å²) in [6.45, 7) is 3.50. The Labute approximate surface area is 90.1 Å². The number of rotatable bonds is 0. The SMILES string of the molecule is Cc1nc2ccc(C(F)(F)F)cc2nc1C. The van der Waals surface area contributed by atoms with Gasteiger partial charge in [-0.15, -0.1) is 0 Å². The molecule has 0 fully saturated rings. The van der Waals surface area contributed by atoms with Crippen LogP contribution >= 0.6 is 0 Å². The smallest absolute Gasteiger partial charge is 0.250 e. The Kier molecular flexibility index (Phi) is 2.33. The van der Waals surface area contributed by atoms with Gasteiger partial charge in [-0.3, -0.25) is 0 Å². The molecule has 1 aromatic heterocycles. The van der Waals surface area contributed by atoms with Gasteiger partial charge in [0.1, 0.15) is 0 Å². The Morgan fingerprint density at radius 2 is 1.50 bits per heavy atom. The minimum Gasteiger partial charge on any atom is -0.250 e. The molecule has 1 aromatic carbocycles. The zero-order valence-electron chi connectivity index (χ0n) is 8.76. The van der Waals surface area contributed by atoms with Crippen LogP contribution in [0.3, 0.4) is 0 Å². The van der Waals surface area contributed by atoms with Crippen molar-refractivity contribution < 1.29 is 13.2 Å². The second-order valence-corrected chi connectivity index (χ2v) is 3.60. The van der Waals surface area contributed by atoms with Crippen LogP contribution in [0.25, 0.3) is 11.0 Å². The van der Waals surface area contributed by atoms with Crippen LogP contribution in [0.5, 0.6) is 0 Å². The van der Waals surface area contributed by atoms with Crippen LogP contribution in [0.15, 0.2) is 18.2 Å². The molecule has 0 aliphatic heterocycles. The molecular formula is C11H9F3N2. The highest BCUT2D eigenvalue weighted by molar-refractivity contribution is 5.75. The molecule has 0 bridgehead atoms. The van der Waals surface area contributed by atoms with E-state index in [4.69, 9.17) is 0 Å². The summed E-state index contributed by atoms with van der Waals surface area (Å²) in [6, 6.07) is 3.39. The van der Waals surface area contributed by atoms with Gasteiger partial charge in [-0.25, -0.2) is 9.97 Å². The second-order valence-electron chi connectivity index (χ2n) is 3.60. The maximum absolute atomic E-state index is 12.4. The number of alkyl halides is 3. The number of aryl methyl sites for hydroxylation is 2. The number of halogens is 3. The highest BCUT2D eigenvalue weighted by Crippen LogP contribution is 2.30. The lowest BCUT2D eigenvalue weighted by atomic mass is 10.2. The summed E-state index contributed by atoms with van der Waals surface area (Å²) >= 11 is 0. The molecule has 16 heavy (non-hydrogen) atoms. The summed E-state index contributed by atoms with van der Waals surface area (Å²) in [5.74, 6) is 0. The first kappa shape index (κ1) is 10.9. The predicted octanol–water partition coefficient (Wildman–Crippen LogP) is 3.27. The quantitative estimate of drug-likeness (QED) is 0.689. The summed E-state index contributed by atoms with van der Waals surface area (Å²) in [5.41, 5.74) is 1.44. The van der Waals surface area contributed by atoms with Crippen molar-refractivity contribution in [3.05, 3.63) is 35.2 Å². The molecule has 0 unspecified atom stereocenters. The molecule has 1 heterocycles. The van der Waals surface area contributed by atoms with Gasteiger partial charge in [0.05, 0.1) is 28.0 Å². The summed E-state index contributed by atoms with van der Waals surface area (Å²) in [7, 11) is 0. The minimum atomic E-state index is -4.34. The maximum atomic E-state index is 12.4. The molecule has 0 aliphatic rings. The van der Waals surface area contributed by atoms with Gasteiger partial charge in [-0.1, -0.05) is 0 Å². The first-order valence-corrected chi connectivity index (χ1v) is 4.70. The Morgan fingerprint density at radius 1 is 0.938 bits per heavy atom. The van der Waals surface area contributed by atoms with Gasteiger partial charge in [0.2, 0.25) is 0 Å². The first-order valence-electron chi connectivity index (χ1n) is 4.70. The molecular weight excluding hydrogens is 217 g/mol. The lowest BCUT2D eigenvalue weighted by Crippen LogP contribution is -2.05. The Balaban J connectivity index is 2.67. The standard InChI is InChI=1S/C11H9F3N2/c1-6-7(2)16-10-5-8(11(12,13)14)3-4-9(10)15-6/h3-5H,1-2H3. The first-order chi connectivity index (χ1) is 7.38. The number of fused-ring (bicyclic) bond motifs is 1. The Hall–Kier alpha value is -1.65. The van der Waals surface area contributed by atoms with Crippen molar-refractivity contribution in [2.24, 2.45) is 0 Å². The molecule has 2 rings (SSSR count). The van der Waals surface area contributed by atoms with E-state index in [1.165, 1.54) is 6.07 Å². The molecule has 84 valence electrons. The third-order valence-corrected chi connectivity index (χ3v) is 2.40. The molecule has 2 nitrogen and oxygen atoms in total. The van der Waals surface area contributed by atoms with Crippen LogP contribution in [-0.2, 0) is 6.18 Å². The van der Waals surface area contributed by atoms with Gasteiger partial charge in [0.25, 0.3) is 0 Å². The van der Waals surface area contributed by atoms with Gasteiger partial charge in [-0.2, -0.15) is 13.2 Å². The van der Waals surface area contributed by atoms with Crippen LogP contribution < -0.4 is 0 Å². The van der Waals surface area contributed by atoms with E-state index in [0.29, 0.717) is 11.2 Å². The van der Waals surface area contributed by atoms with E-state index in [0.717, 1.165) is 17.8 Å². The van der Waals surface area contributed by atoms with Gasteiger partial charge in [-0.05, 0) is 32.0 Å². The summed E-state index contributed by atoms with van der Waals surface area (Å²) in [5, 5.41) is 0. The summed E-state index contributed by atoms with van der Waals surface area (Å²) in [4.78, 5) is 8.26.